The highest BCUT2D eigenvalue weighted by Gasteiger charge is 2.45. The van der Waals surface area contributed by atoms with Crippen LogP contribution in [-0.2, 0) is 9.59 Å². The fraction of sp³-hybridized carbons (Fsp3) is 0.222. The minimum absolute atomic E-state index is 0.0873. The van der Waals surface area contributed by atoms with Crippen molar-refractivity contribution in [3.63, 3.8) is 0 Å². The molecule has 4 heteroatoms. The number of carbonyl (C=O) groups is 2. The van der Waals surface area contributed by atoms with Crippen molar-refractivity contribution in [2.45, 2.75) is 31.7 Å². The van der Waals surface area contributed by atoms with Crippen LogP contribution in [0.25, 0.3) is 0 Å². The van der Waals surface area contributed by atoms with E-state index < -0.39 is 12.0 Å². The van der Waals surface area contributed by atoms with Crippen LogP contribution in [0.2, 0.25) is 0 Å². The Morgan fingerprint density at radius 3 is 2.13 bits per heavy atom. The van der Waals surface area contributed by atoms with E-state index in [0.717, 1.165) is 28.2 Å². The van der Waals surface area contributed by atoms with Gasteiger partial charge in [0.15, 0.2) is 0 Å². The van der Waals surface area contributed by atoms with E-state index in [4.69, 9.17) is 4.99 Å². The molecule has 0 saturated heterocycles. The van der Waals surface area contributed by atoms with Crippen molar-refractivity contribution < 1.29 is 9.59 Å². The molecule has 0 radical (unpaired) electrons. The number of Topliss-reactive ketones (excluding diaryl/α,β-unsaturated/α-hetero) is 1. The maximum Gasteiger partial charge on any atom is 0.224 e. The Morgan fingerprint density at radius 2 is 1.45 bits per heavy atom. The molecule has 1 saturated carbocycles. The molecule has 0 aromatic heterocycles. The van der Waals surface area contributed by atoms with Crippen LogP contribution < -0.4 is 4.90 Å². The van der Waals surface area contributed by atoms with Gasteiger partial charge in [-0.1, -0.05) is 72.8 Å². The molecule has 0 bridgehead atoms. The summed E-state index contributed by atoms with van der Waals surface area (Å²) < 4.78 is 0. The van der Waals surface area contributed by atoms with Gasteiger partial charge in [0, 0.05) is 19.1 Å². The molecule has 3 aromatic rings. The number of carbonyl (C=O) groups excluding carboxylic acids is 2. The lowest BCUT2D eigenvalue weighted by Crippen LogP contribution is -2.45. The third kappa shape index (κ3) is 3.48. The quantitative estimate of drug-likeness (QED) is 0.552. The Kier molecular flexibility index (Phi) is 4.99. The van der Waals surface area contributed by atoms with Gasteiger partial charge in [0.25, 0.3) is 0 Å². The van der Waals surface area contributed by atoms with Crippen LogP contribution in [0.1, 0.15) is 42.9 Å². The molecule has 154 valence electrons. The molecule has 1 amide bonds. The van der Waals surface area contributed by atoms with Gasteiger partial charge in [0.2, 0.25) is 5.91 Å². The molecule has 3 aromatic carbocycles. The molecule has 2 aliphatic rings. The molecule has 31 heavy (non-hydrogen) atoms. The smallest absolute Gasteiger partial charge is 0.224 e. The van der Waals surface area contributed by atoms with Crippen LogP contribution >= 0.6 is 0 Å². The predicted octanol–water partition coefficient (Wildman–Crippen LogP) is 5.63. The maximum atomic E-state index is 13.6. The molecule has 3 atom stereocenters. The number of benzene rings is 3. The van der Waals surface area contributed by atoms with Gasteiger partial charge < -0.3 is 4.90 Å². The zero-order valence-electron chi connectivity index (χ0n) is 17.4. The van der Waals surface area contributed by atoms with E-state index >= 15 is 0 Å². The number of hydrogen-bond acceptors (Lipinski definition) is 3. The second-order valence-electron chi connectivity index (χ2n) is 8.30. The molecule has 0 N–H and O–H groups in total. The van der Waals surface area contributed by atoms with Crippen molar-refractivity contribution in [3.05, 3.63) is 96.1 Å². The van der Waals surface area contributed by atoms with E-state index in [1.807, 2.05) is 72.8 Å². The van der Waals surface area contributed by atoms with Crippen molar-refractivity contribution in [1.29, 1.82) is 0 Å². The summed E-state index contributed by atoms with van der Waals surface area (Å²) in [7, 11) is 0. The van der Waals surface area contributed by atoms with E-state index in [0.29, 0.717) is 12.8 Å². The SMILES string of the molecule is CC(=O)N1c2ccccc2N=C2C[C@H](c3ccccc3)CC(=O)C2[C@@H]1c1ccccc1. The minimum atomic E-state index is -0.446. The number of fused-ring (bicyclic) bond motifs is 2. The lowest BCUT2D eigenvalue weighted by atomic mass is 9.72. The fourth-order valence-electron chi connectivity index (χ4n) is 5.01. The monoisotopic (exact) mass is 408 g/mol. The highest BCUT2D eigenvalue weighted by molar-refractivity contribution is 6.13. The Hall–Kier alpha value is -3.53. The zero-order valence-corrected chi connectivity index (χ0v) is 17.4. The lowest BCUT2D eigenvalue weighted by Gasteiger charge is -2.38. The number of nitrogens with zero attached hydrogens (tertiary/aromatic N) is 2. The summed E-state index contributed by atoms with van der Waals surface area (Å²) >= 11 is 0. The molecule has 4 nitrogen and oxygen atoms in total. The van der Waals surface area contributed by atoms with Gasteiger partial charge in [-0.25, -0.2) is 0 Å². The summed E-state index contributed by atoms with van der Waals surface area (Å²) in [6.45, 7) is 1.57. The van der Waals surface area contributed by atoms with Gasteiger partial charge in [-0.2, -0.15) is 0 Å². The minimum Gasteiger partial charge on any atom is -0.302 e. The summed E-state index contributed by atoms with van der Waals surface area (Å²) in [4.78, 5) is 33.3. The van der Waals surface area contributed by atoms with Crippen molar-refractivity contribution in [2.24, 2.45) is 10.9 Å². The van der Waals surface area contributed by atoms with Crippen molar-refractivity contribution in [1.82, 2.24) is 0 Å². The molecule has 1 aliphatic carbocycles. The highest BCUT2D eigenvalue weighted by atomic mass is 16.2. The number of amides is 1. The number of para-hydroxylation sites is 2. The molecule has 1 aliphatic heterocycles. The van der Waals surface area contributed by atoms with Gasteiger partial charge in [-0.15, -0.1) is 0 Å². The fourth-order valence-corrected chi connectivity index (χ4v) is 5.01. The normalized spacial score (nSPS) is 22.7. The Bertz CT molecular complexity index is 1150. The zero-order chi connectivity index (χ0) is 21.4. The number of aliphatic imine (C=N–C) groups is 1. The summed E-state index contributed by atoms with van der Waals surface area (Å²) in [5.74, 6) is -0.280. The van der Waals surface area contributed by atoms with Crippen LogP contribution in [0.5, 0.6) is 0 Å². The third-order valence-corrected chi connectivity index (χ3v) is 6.36. The van der Waals surface area contributed by atoms with E-state index in [2.05, 4.69) is 12.1 Å². The first-order valence-corrected chi connectivity index (χ1v) is 10.7. The van der Waals surface area contributed by atoms with E-state index in [-0.39, 0.29) is 17.6 Å². The van der Waals surface area contributed by atoms with Gasteiger partial charge in [0.05, 0.1) is 23.3 Å². The van der Waals surface area contributed by atoms with Crippen LogP contribution in [0.15, 0.2) is 89.9 Å². The lowest BCUT2D eigenvalue weighted by molar-refractivity contribution is -0.123. The standard InChI is InChI=1S/C27H24N2O2/c1-18(30)29-24-15-9-8-14-22(24)28-23-16-21(19-10-4-2-5-11-19)17-25(31)26(23)27(29)20-12-6-3-7-13-20/h2-15,21,26-27H,16-17H2,1H3/t21-,26?,27-/m0/s1. The Morgan fingerprint density at radius 1 is 0.839 bits per heavy atom. The average molecular weight is 409 g/mol. The molecule has 5 rings (SSSR count). The predicted molar refractivity (Wildman–Crippen MR) is 123 cm³/mol. The Balaban J connectivity index is 1.68. The number of ketones is 1. The van der Waals surface area contributed by atoms with Gasteiger partial charge in [-0.05, 0) is 35.6 Å². The Labute approximate surface area is 182 Å². The second-order valence-corrected chi connectivity index (χ2v) is 8.30. The third-order valence-electron chi connectivity index (χ3n) is 6.36. The first-order chi connectivity index (χ1) is 15.1. The maximum absolute atomic E-state index is 13.6. The van der Waals surface area contributed by atoms with Gasteiger partial charge in [-0.3, -0.25) is 14.6 Å². The van der Waals surface area contributed by atoms with Crippen molar-refractivity contribution in [2.75, 3.05) is 4.90 Å². The summed E-state index contributed by atoms with van der Waals surface area (Å²) in [5.41, 5.74) is 4.50. The molecular weight excluding hydrogens is 384 g/mol. The van der Waals surface area contributed by atoms with Crippen molar-refractivity contribution in [3.8, 4) is 0 Å². The second kappa shape index (κ2) is 7.95. The summed E-state index contributed by atoms with van der Waals surface area (Å²) in [5, 5.41) is 0. The van der Waals surface area contributed by atoms with Crippen LogP contribution in [0, 0.1) is 5.92 Å². The topological polar surface area (TPSA) is 49.7 Å². The van der Waals surface area contributed by atoms with Crippen LogP contribution in [0.3, 0.4) is 0 Å². The number of rotatable bonds is 2. The molecular formula is C27H24N2O2. The summed E-state index contributed by atoms with van der Waals surface area (Å²) in [6, 6.07) is 27.4. The van der Waals surface area contributed by atoms with Gasteiger partial charge in [0.1, 0.15) is 5.78 Å². The number of anilines is 1. The molecule has 0 spiro atoms. The van der Waals surface area contributed by atoms with E-state index in [1.165, 1.54) is 0 Å². The van der Waals surface area contributed by atoms with Crippen molar-refractivity contribution >= 4 is 28.8 Å². The van der Waals surface area contributed by atoms with E-state index in [9.17, 15) is 9.59 Å². The average Bonchev–Trinajstić information content (AvgIpc) is 2.95. The number of hydrogen-bond donors (Lipinski definition) is 0. The molecule has 1 unspecified atom stereocenters. The molecule has 1 fully saturated rings. The first kappa shape index (κ1) is 19.4. The summed E-state index contributed by atoms with van der Waals surface area (Å²) in [6.07, 6.45) is 1.17. The van der Waals surface area contributed by atoms with E-state index in [1.54, 1.807) is 11.8 Å². The largest absolute Gasteiger partial charge is 0.302 e. The highest BCUT2D eigenvalue weighted by Crippen LogP contribution is 2.47. The van der Waals surface area contributed by atoms with Crippen LogP contribution in [-0.4, -0.2) is 17.4 Å². The first-order valence-electron chi connectivity index (χ1n) is 10.7. The molecule has 1 heterocycles. The van der Waals surface area contributed by atoms with Crippen LogP contribution in [0.4, 0.5) is 11.4 Å². The van der Waals surface area contributed by atoms with Gasteiger partial charge >= 0.3 is 0 Å².